The number of ether oxygens (including phenoxy) is 1. The van der Waals surface area contributed by atoms with Crippen LogP contribution in [0.2, 0.25) is 0 Å². The highest BCUT2D eigenvalue weighted by Gasteiger charge is 2.33. The van der Waals surface area contributed by atoms with Gasteiger partial charge in [0.15, 0.2) is 0 Å². The van der Waals surface area contributed by atoms with Crippen LogP contribution in [0.4, 0.5) is 0 Å². The Balaban J connectivity index is 1.62. The number of amides is 1. The van der Waals surface area contributed by atoms with Gasteiger partial charge in [-0.25, -0.2) is 4.68 Å². The molecule has 1 aliphatic heterocycles. The van der Waals surface area contributed by atoms with E-state index in [9.17, 15) is 4.79 Å². The summed E-state index contributed by atoms with van der Waals surface area (Å²) in [6.07, 6.45) is 9.45. The van der Waals surface area contributed by atoms with Gasteiger partial charge in [0.2, 0.25) is 0 Å². The van der Waals surface area contributed by atoms with E-state index < -0.39 is 0 Å². The molecule has 1 fully saturated rings. The molecule has 2 heterocycles. The molecule has 4 rings (SSSR count). The number of para-hydroxylation sites is 1. The summed E-state index contributed by atoms with van der Waals surface area (Å²) in [7, 11) is 0. The number of carbonyl (C=O) groups excluding carboxylic acids is 1. The number of hydrogen-bond acceptors (Lipinski definition) is 5. The molecule has 2 aromatic carbocycles. The van der Waals surface area contributed by atoms with E-state index in [-0.39, 0.29) is 5.91 Å². The van der Waals surface area contributed by atoms with Gasteiger partial charge < -0.3 is 4.74 Å². The fourth-order valence-corrected chi connectivity index (χ4v) is 5.79. The zero-order valence-electron chi connectivity index (χ0n) is 23.4. The van der Waals surface area contributed by atoms with Crippen molar-refractivity contribution in [2.45, 2.75) is 59.8 Å². The quantitative estimate of drug-likeness (QED) is 0.155. The number of thioether (sulfide) groups is 1. The standard InChI is InChI=1S/C32H39N3O2S2/c1-5-7-11-24(6-2)21-34-31(36)29(39-32(34)38)20-26-22-35(27-12-9-8-10-13-27)33-30(26)25-14-16-28(17-15-25)37-19-18-23(3)4/h8-10,12-17,20,22-24H,5-7,11,18-19,21H2,1-4H3/b29-20-/t24-/m0/s1. The van der Waals surface area contributed by atoms with Gasteiger partial charge in [0.1, 0.15) is 10.1 Å². The van der Waals surface area contributed by atoms with E-state index in [1.54, 1.807) is 4.90 Å². The van der Waals surface area contributed by atoms with E-state index in [1.807, 2.05) is 71.6 Å². The molecule has 0 spiro atoms. The zero-order valence-corrected chi connectivity index (χ0v) is 25.1. The molecule has 0 radical (unpaired) electrons. The van der Waals surface area contributed by atoms with E-state index in [4.69, 9.17) is 22.1 Å². The van der Waals surface area contributed by atoms with Crippen molar-refractivity contribution in [3.63, 3.8) is 0 Å². The molecule has 0 aliphatic carbocycles. The summed E-state index contributed by atoms with van der Waals surface area (Å²) in [5.41, 5.74) is 3.62. The SMILES string of the molecule is CCCC[C@H](CC)CN1C(=O)/C(=C/c2cn(-c3ccccc3)nc2-c2ccc(OCCC(C)C)cc2)SC1=S. The maximum Gasteiger partial charge on any atom is 0.266 e. The Morgan fingerprint density at radius 1 is 1.05 bits per heavy atom. The molecule has 3 aromatic rings. The lowest BCUT2D eigenvalue weighted by Gasteiger charge is -2.21. The lowest BCUT2D eigenvalue weighted by molar-refractivity contribution is -0.122. The molecule has 7 heteroatoms. The fraction of sp³-hybridized carbons (Fsp3) is 0.406. The summed E-state index contributed by atoms with van der Waals surface area (Å²) in [6, 6.07) is 18.1. The Hall–Kier alpha value is -2.90. The predicted octanol–water partition coefficient (Wildman–Crippen LogP) is 8.38. The summed E-state index contributed by atoms with van der Waals surface area (Å²) in [5, 5.41) is 4.93. The van der Waals surface area contributed by atoms with Crippen LogP contribution in [-0.2, 0) is 4.79 Å². The van der Waals surface area contributed by atoms with Crippen LogP contribution in [0.25, 0.3) is 23.0 Å². The van der Waals surface area contributed by atoms with Gasteiger partial charge in [-0.1, -0.05) is 89.1 Å². The molecule has 39 heavy (non-hydrogen) atoms. The van der Waals surface area contributed by atoms with Gasteiger partial charge in [0.05, 0.1) is 22.9 Å². The average Bonchev–Trinajstić information content (AvgIpc) is 3.47. The van der Waals surface area contributed by atoms with Crippen molar-refractivity contribution in [2.75, 3.05) is 13.2 Å². The van der Waals surface area contributed by atoms with Crippen molar-refractivity contribution in [1.82, 2.24) is 14.7 Å². The van der Waals surface area contributed by atoms with Crippen molar-refractivity contribution in [3.05, 3.63) is 71.3 Å². The van der Waals surface area contributed by atoms with Gasteiger partial charge in [-0.2, -0.15) is 5.10 Å². The van der Waals surface area contributed by atoms with Crippen LogP contribution in [0.15, 0.2) is 65.7 Å². The van der Waals surface area contributed by atoms with E-state index in [0.29, 0.717) is 34.2 Å². The van der Waals surface area contributed by atoms with Crippen LogP contribution in [0.3, 0.4) is 0 Å². The normalized spacial score (nSPS) is 15.5. The second kappa shape index (κ2) is 13.9. The first kappa shape index (κ1) is 29.1. The fourth-order valence-electron chi connectivity index (χ4n) is 4.53. The predicted molar refractivity (Wildman–Crippen MR) is 167 cm³/mol. The third kappa shape index (κ3) is 7.61. The summed E-state index contributed by atoms with van der Waals surface area (Å²) >= 11 is 7.04. The highest BCUT2D eigenvalue weighted by Crippen LogP contribution is 2.36. The lowest BCUT2D eigenvalue weighted by atomic mass is 9.99. The largest absolute Gasteiger partial charge is 0.494 e. The van der Waals surface area contributed by atoms with Crippen molar-refractivity contribution >= 4 is 40.3 Å². The van der Waals surface area contributed by atoms with Crippen molar-refractivity contribution < 1.29 is 9.53 Å². The van der Waals surface area contributed by atoms with Gasteiger partial charge in [-0.3, -0.25) is 9.69 Å². The van der Waals surface area contributed by atoms with Gasteiger partial charge in [-0.15, -0.1) is 0 Å². The zero-order chi connectivity index (χ0) is 27.8. The maximum atomic E-state index is 13.5. The number of hydrogen-bond donors (Lipinski definition) is 0. The smallest absolute Gasteiger partial charge is 0.266 e. The van der Waals surface area contributed by atoms with Crippen LogP contribution < -0.4 is 4.74 Å². The molecule has 1 aliphatic rings. The second-order valence-electron chi connectivity index (χ2n) is 10.5. The Morgan fingerprint density at radius 2 is 1.79 bits per heavy atom. The van der Waals surface area contributed by atoms with E-state index in [0.717, 1.165) is 53.9 Å². The maximum absolute atomic E-state index is 13.5. The van der Waals surface area contributed by atoms with Gasteiger partial charge in [0, 0.05) is 23.9 Å². The number of carbonyl (C=O) groups is 1. The molecule has 0 unspecified atom stereocenters. The first-order chi connectivity index (χ1) is 18.9. The lowest BCUT2D eigenvalue weighted by Crippen LogP contribution is -2.33. The molecule has 5 nitrogen and oxygen atoms in total. The molecule has 1 atom stereocenters. The van der Waals surface area contributed by atoms with Crippen molar-refractivity contribution in [3.8, 4) is 22.7 Å². The number of rotatable bonds is 13. The molecular formula is C32H39N3O2S2. The summed E-state index contributed by atoms with van der Waals surface area (Å²) in [5.74, 6) is 1.90. The Labute approximate surface area is 242 Å². The third-order valence-electron chi connectivity index (χ3n) is 7.00. The number of benzene rings is 2. The van der Waals surface area contributed by atoms with Crippen molar-refractivity contribution in [2.24, 2.45) is 11.8 Å². The molecule has 0 N–H and O–H groups in total. The highest BCUT2D eigenvalue weighted by atomic mass is 32.2. The van der Waals surface area contributed by atoms with E-state index in [2.05, 4.69) is 27.7 Å². The highest BCUT2D eigenvalue weighted by molar-refractivity contribution is 8.26. The minimum Gasteiger partial charge on any atom is -0.494 e. The Kier molecular flexibility index (Phi) is 10.4. The molecular weight excluding hydrogens is 523 g/mol. The number of aromatic nitrogens is 2. The molecule has 0 saturated carbocycles. The topological polar surface area (TPSA) is 47.4 Å². The molecule has 1 amide bonds. The Morgan fingerprint density at radius 3 is 2.46 bits per heavy atom. The first-order valence-electron chi connectivity index (χ1n) is 14.0. The van der Waals surface area contributed by atoms with E-state index in [1.165, 1.54) is 18.2 Å². The molecule has 206 valence electrons. The van der Waals surface area contributed by atoms with Crippen LogP contribution in [0.1, 0.15) is 65.4 Å². The van der Waals surface area contributed by atoms with Crippen LogP contribution in [0.5, 0.6) is 5.75 Å². The Bertz CT molecular complexity index is 1280. The number of unbranched alkanes of at least 4 members (excludes halogenated alkanes) is 1. The summed E-state index contributed by atoms with van der Waals surface area (Å²) < 4.78 is 8.43. The average molecular weight is 562 g/mol. The molecule has 1 saturated heterocycles. The number of thiocarbonyl (C=S) groups is 1. The van der Waals surface area contributed by atoms with Crippen LogP contribution >= 0.6 is 24.0 Å². The first-order valence-corrected chi connectivity index (χ1v) is 15.3. The number of nitrogens with zero attached hydrogens (tertiary/aromatic N) is 3. The molecule has 0 bridgehead atoms. The van der Waals surface area contributed by atoms with Crippen LogP contribution in [-0.4, -0.2) is 38.1 Å². The van der Waals surface area contributed by atoms with Crippen molar-refractivity contribution in [1.29, 1.82) is 0 Å². The summed E-state index contributed by atoms with van der Waals surface area (Å²) in [4.78, 5) is 15.9. The van der Waals surface area contributed by atoms with Gasteiger partial charge >= 0.3 is 0 Å². The van der Waals surface area contributed by atoms with Gasteiger partial charge in [0.25, 0.3) is 5.91 Å². The van der Waals surface area contributed by atoms with E-state index >= 15 is 0 Å². The minimum atomic E-state index is -0.00717. The molecule has 1 aromatic heterocycles. The monoisotopic (exact) mass is 561 g/mol. The van der Waals surface area contributed by atoms with Crippen LogP contribution in [0, 0.1) is 11.8 Å². The minimum absolute atomic E-state index is 0.00717. The summed E-state index contributed by atoms with van der Waals surface area (Å²) in [6.45, 7) is 10.2. The third-order valence-corrected chi connectivity index (χ3v) is 8.38. The second-order valence-corrected chi connectivity index (χ2v) is 12.2. The van der Waals surface area contributed by atoms with Gasteiger partial charge in [-0.05, 0) is 67.2 Å².